The van der Waals surface area contributed by atoms with Crippen LogP contribution < -0.4 is 15.4 Å². The average Bonchev–Trinajstić information content (AvgIpc) is 3.01. The van der Waals surface area contributed by atoms with Gasteiger partial charge in [0.2, 0.25) is 10.0 Å². The van der Waals surface area contributed by atoms with Gasteiger partial charge in [-0.3, -0.25) is 9.69 Å². The van der Waals surface area contributed by atoms with Crippen molar-refractivity contribution in [2.75, 3.05) is 39.1 Å². The lowest BCUT2D eigenvalue weighted by atomic mass is 10.2. The van der Waals surface area contributed by atoms with Crippen LogP contribution in [0.1, 0.15) is 13.8 Å². The molecule has 2 rings (SSSR count). The van der Waals surface area contributed by atoms with E-state index in [0.29, 0.717) is 25.4 Å². The number of nitrogens with zero attached hydrogens (tertiary/aromatic N) is 2. The first-order valence-electron chi connectivity index (χ1n) is 8.23. The number of amides is 3. The maximum Gasteiger partial charge on any atom is 0.324 e. The van der Waals surface area contributed by atoms with Gasteiger partial charge in [0.15, 0.2) is 0 Å². The van der Waals surface area contributed by atoms with Gasteiger partial charge in [-0.05, 0) is 32.0 Å². The van der Waals surface area contributed by atoms with Crippen molar-refractivity contribution >= 4 is 27.6 Å². The van der Waals surface area contributed by atoms with Crippen LogP contribution in [0.3, 0.4) is 0 Å². The molecule has 0 radical (unpaired) electrons. The Bertz CT molecular complexity index is 794. The molecule has 0 bridgehead atoms. The second-order valence-corrected chi connectivity index (χ2v) is 8.09. The fourth-order valence-electron chi connectivity index (χ4n) is 2.50. The van der Waals surface area contributed by atoms with Crippen molar-refractivity contribution in [3.63, 3.8) is 0 Å². The van der Waals surface area contributed by atoms with Crippen LogP contribution in [0.2, 0.25) is 0 Å². The Morgan fingerprint density at radius 2 is 2.12 bits per heavy atom. The molecule has 0 aromatic heterocycles. The smallest absolute Gasteiger partial charge is 0.324 e. The minimum Gasteiger partial charge on any atom is -0.492 e. The standard InChI is InChI=1S/C16H24N4O5S/c1-5-25-13-7-6-12(10-14(13)26(23,24)19(3)4)18-11(2)15(21)20-9-8-17-16(20)22/h6-7,10-11,18H,5,8-9H2,1-4H3,(H,17,22)/t11-/m0/s1. The fraction of sp³-hybridized carbons (Fsp3) is 0.500. The van der Waals surface area contributed by atoms with E-state index < -0.39 is 22.1 Å². The molecule has 0 unspecified atom stereocenters. The fourth-order valence-corrected chi connectivity index (χ4v) is 3.55. The van der Waals surface area contributed by atoms with Gasteiger partial charge in [0.1, 0.15) is 16.7 Å². The molecule has 10 heteroatoms. The molecule has 9 nitrogen and oxygen atoms in total. The molecule has 26 heavy (non-hydrogen) atoms. The molecule has 1 aliphatic rings. The molecule has 1 aromatic rings. The Balaban J connectivity index is 2.27. The van der Waals surface area contributed by atoms with Gasteiger partial charge in [-0.25, -0.2) is 17.5 Å². The highest BCUT2D eigenvalue weighted by atomic mass is 32.2. The number of imide groups is 1. The van der Waals surface area contributed by atoms with Crippen molar-refractivity contribution in [1.29, 1.82) is 0 Å². The normalized spacial score (nSPS) is 15.7. The Morgan fingerprint density at radius 3 is 2.65 bits per heavy atom. The number of carbonyl (C=O) groups excluding carboxylic acids is 2. The number of urea groups is 1. The van der Waals surface area contributed by atoms with E-state index >= 15 is 0 Å². The van der Waals surface area contributed by atoms with E-state index in [9.17, 15) is 18.0 Å². The van der Waals surface area contributed by atoms with Crippen LogP contribution in [0.25, 0.3) is 0 Å². The van der Waals surface area contributed by atoms with Gasteiger partial charge in [0.05, 0.1) is 6.61 Å². The number of anilines is 1. The summed E-state index contributed by atoms with van der Waals surface area (Å²) in [7, 11) is -0.856. The van der Waals surface area contributed by atoms with Gasteiger partial charge in [-0.1, -0.05) is 0 Å². The summed E-state index contributed by atoms with van der Waals surface area (Å²) in [4.78, 5) is 25.1. The topological polar surface area (TPSA) is 108 Å². The van der Waals surface area contributed by atoms with Crippen LogP contribution in [-0.4, -0.2) is 69.4 Å². The van der Waals surface area contributed by atoms with Crippen LogP contribution >= 0.6 is 0 Å². The van der Waals surface area contributed by atoms with Gasteiger partial charge in [0, 0.05) is 32.9 Å². The highest BCUT2D eigenvalue weighted by Crippen LogP contribution is 2.29. The van der Waals surface area contributed by atoms with Crippen molar-refractivity contribution in [3.8, 4) is 5.75 Å². The monoisotopic (exact) mass is 384 g/mol. The number of nitrogens with one attached hydrogen (secondary N) is 2. The minimum absolute atomic E-state index is 0.00733. The zero-order valence-electron chi connectivity index (χ0n) is 15.3. The molecule has 1 saturated heterocycles. The van der Waals surface area contributed by atoms with Crippen LogP contribution in [0.15, 0.2) is 23.1 Å². The Hall–Kier alpha value is -2.33. The molecule has 2 N–H and O–H groups in total. The van der Waals surface area contributed by atoms with Crippen LogP contribution in [0.4, 0.5) is 10.5 Å². The predicted octanol–water partition coefficient (Wildman–Crippen LogP) is 0.688. The maximum absolute atomic E-state index is 12.5. The van der Waals surface area contributed by atoms with E-state index in [1.807, 2.05) is 0 Å². The number of sulfonamides is 1. The third-order valence-corrected chi connectivity index (χ3v) is 5.71. The third kappa shape index (κ3) is 4.07. The quantitative estimate of drug-likeness (QED) is 0.716. The largest absolute Gasteiger partial charge is 0.492 e. The number of rotatable bonds is 7. The summed E-state index contributed by atoms with van der Waals surface area (Å²) in [6.07, 6.45) is 0. The first kappa shape index (κ1) is 20.0. The second-order valence-electron chi connectivity index (χ2n) is 5.97. The van der Waals surface area contributed by atoms with Crippen LogP contribution in [-0.2, 0) is 14.8 Å². The molecule has 144 valence electrons. The lowest BCUT2D eigenvalue weighted by Crippen LogP contribution is -2.43. The molecule has 1 atom stereocenters. The molecular weight excluding hydrogens is 360 g/mol. The maximum atomic E-state index is 12.5. The zero-order valence-corrected chi connectivity index (χ0v) is 16.1. The number of ether oxygens (including phenoxy) is 1. The summed E-state index contributed by atoms with van der Waals surface area (Å²) in [6, 6.07) is 3.47. The van der Waals surface area contributed by atoms with E-state index in [1.165, 1.54) is 20.2 Å². The first-order chi connectivity index (χ1) is 12.2. The molecule has 1 aromatic carbocycles. The summed E-state index contributed by atoms with van der Waals surface area (Å²) in [5.41, 5.74) is 0.439. The number of carbonyl (C=O) groups is 2. The Labute approximate surface area is 153 Å². The highest BCUT2D eigenvalue weighted by Gasteiger charge is 2.30. The lowest BCUT2D eigenvalue weighted by Gasteiger charge is -2.21. The van der Waals surface area contributed by atoms with E-state index in [0.717, 1.165) is 9.21 Å². The summed E-state index contributed by atoms with van der Waals surface area (Å²) in [6.45, 7) is 4.44. The third-order valence-electron chi connectivity index (χ3n) is 3.88. The average molecular weight is 384 g/mol. The number of hydrogen-bond acceptors (Lipinski definition) is 6. The van der Waals surface area contributed by atoms with E-state index in [4.69, 9.17) is 4.74 Å². The number of hydrogen-bond donors (Lipinski definition) is 2. The van der Waals surface area contributed by atoms with Gasteiger partial charge >= 0.3 is 6.03 Å². The molecule has 3 amide bonds. The molecular formula is C16H24N4O5S. The van der Waals surface area contributed by atoms with Gasteiger partial charge < -0.3 is 15.4 Å². The van der Waals surface area contributed by atoms with Crippen molar-refractivity contribution in [2.24, 2.45) is 0 Å². The van der Waals surface area contributed by atoms with Crippen molar-refractivity contribution in [1.82, 2.24) is 14.5 Å². The van der Waals surface area contributed by atoms with Gasteiger partial charge in [-0.15, -0.1) is 0 Å². The summed E-state index contributed by atoms with van der Waals surface area (Å²) in [5.74, 6) is -0.143. The minimum atomic E-state index is -3.72. The highest BCUT2D eigenvalue weighted by molar-refractivity contribution is 7.89. The van der Waals surface area contributed by atoms with Crippen molar-refractivity contribution in [2.45, 2.75) is 24.8 Å². The molecule has 1 fully saturated rings. The van der Waals surface area contributed by atoms with Gasteiger partial charge in [0.25, 0.3) is 5.91 Å². The second kappa shape index (κ2) is 7.92. The summed E-state index contributed by atoms with van der Waals surface area (Å²) >= 11 is 0. The van der Waals surface area contributed by atoms with Crippen molar-refractivity contribution < 1.29 is 22.7 Å². The van der Waals surface area contributed by atoms with E-state index in [2.05, 4.69) is 10.6 Å². The first-order valence-corrected chi connectivity index (χ1v) is 9.67. The summed E-state index contributed by atoms with van der Waals surface area (Å²) < 4.78 is 31.6. The zero-order chi connectivity index (χ0) is 19.5. The molecule has 1 aliphatic heterocycles. The molecule has 0 aliphatic carbocycles. The predicted molar refractivity (Wildman–Crippen MR) is 96.7 cm³/mol. The molecule has 0 saturated carbocycles. The van der Waals surface area contributed by atoms with Crippen LogP contribution in [0.5, 0.6) is 5.75 Å². The SMILES string of the molecule is CCOc1ccc(N[C@@H](C)C(=O)N2CCNC2=O)cc1S(=O)(=O)N(C)C. The number of benzene rings is 1. The molecule has 1 heterocycles. The Morgan fingerprint density at radius 1 is 1.42 bits per heavy atom. The van der Waals surface area contributed by atoms with Gasteiger partial charge in [-0.2, -0.15) is 0 Å². The van der Waals surface area contributed by atoms with E-state index in [-0.39, 0.29) is 16.6 Å². The Kier molecular flexibility index (Phi) is 6.09. The lowest BCUT2D eigenvalue weighted by molar-refractivity contribution is -0.128. The molecule has 0 spiro atoms. The van der Waals surface area contributed by atoms with E-state index in [1.54, 1.807) is 26.0 Å². The van der Waals surface area contributed by atoms with Crippen molar-refractivity contribution in [3.05, 3.63) is 18.2 Å². The van der Waals surface area contributed by atoms with Crippen LogP contribution in [0, 0.1) is 0 Å². The summed E-state index contributed by atoms with van der Waals surface area (Å²) in [5, 5.41) is 5.52.